The van der Waals surface area contributed by atoms with Crippen molar-refractivity contribution in [3.63, 3.8) is 0 Å². The Hall–Kier alpha value is -2.42. The molecule has 0 radical (unpaired) electrons. The molecule has 0 bridgehead atoms. The molecule has 0 spiro atoms. The zero-order valence-electron chi connectivity index (χ0n) is 16.3. The highest BCUT2D eigenvalue weighted by Crippen LogP contribution is 2.30. The van der Waals surface area contributed by atoms with Gasteiger partial charge in [0.2, 0.25) is 5.91 Å². The van der Waals surface area contributed by atoms with Gasteiger partial charge in [-0.1, -0.05) is 11.6 Å². The van der Waals surface area contributed by atoms with Gasteiger partial charge in [-0.05, 0) is 30.2 Å². The predicted octanol–water partition coefficient (Wildman–Crippen LogP) is 2.30. The zero-order chi connectivity index (χ0) is 20.7. The van der Waals surface area contributed by atoms with Crippen LogP contribution in [0.25, 0.3) is 4.96 Å². The summed E-state index contributed by atoms with van der Waals surface area (Å²) in [5.41, 5.74) is 1.71. The van der Waals surface area contributed by atoms with Gasteiger partial charge < -0.3 is 9.64 Å². The van der Waals surface area contributed by atoms with Crippen LogP contribution in [0, 0.1) is 5.92 Å². The average molecular weight is 445 g/mol. The SMILES string of the molecule is O=C(C1COc2ccc(Cl)cc2C1)N1CCN(Cc2cc(=O)n3ccsc3n2)CC1. The van der Waals surface area contributed by atoms with Crippen molar-refractivity contribution in [2.24, 2.45) is 5.92 Å². The molecule has 2 aliphatic rings. The zero-order valence-corrected chi connectivity index (χ0v) is 17.9. The largest absolute Gasteiger partial charge is 0.492 e. The van der Waals surface area contributed by atoms with E-state index in [1.807, 2.05) is 22.4 Å². The van der Waals surface area contributed by atoms with E-state index in [1.54, 1.807) is 22.7 Å². The molecule has 0 saturated carbocycles. The maximum atomic E-state index is 13.0. The van der Waals surface area contributed by atoms with Gasteiger partial charge in [-0.2, -0.15) is 0 Å². The van der Waals surface area contributed by atoms with Gasteiger partial charge in [0, 0.05) is 55.4 Å². The maximum absolute atomic E-state index is 13.0. The van der Waals surface area contributed by atoms with Crippen LogP contribution in [-0.4, -0.2) is 57.9 Å². The van der Waals surface area contributed by atoms with E-state index >= 15 is 0 Å². The summed E-state index contributed by atoms with van der Waals surface area (Å²) in [6, 6.07) is 7.15. The molecule has 1 atom stereocenters. The molecule has 156 valence electrons. The number of carbonyl (C=O) groups is 1. The Balaban J connectivity index is 1.19. The summed E-state index contributed by atoms with van der Waals surface area (Å²) in [4.78, 5) is 34.6. The molecule has 9 heteroatoms. The summed E-state index contributed by atoms with van der Waals surface area (Å²) in [6.45, 7) is 3.86. The first-order chi connectivity index (χ1) is 14.6. The topological polar surface area (TPSA) is 67.2 Å². The summed E-state index contributed by atoms with van der Waals surface area (Å²) >= 11 is 7.54. The fraction of sp³-hybridized carbons (Fsp3) is 0.381. The van der Waals surface area contributed by atoms with Gasteiger partial charge in [-0.25, -0.2) is 4.98 Å². The molecule has 0 aliphatic carbocycles. The van der Waals surface area contributed by atoms with E-state index in [2.05, 4.69) is 9.88 Å². The lowest BCUT2D eigenvalue weighted by atomic mass is 9.95. The molecule has 2 aromatic heterocycles. The second-order valence-corrected chi connectivity index (χ2v) is 9.02. The van der Waals surface area contributed by atoms with Crippen LogP contribution in [0.1, 0.15) is 11.3 Å². The highest BCUT2D eigenvalue weighted by Gasteiger charge is 2.31. The number of carbonyl (C=O) groups excluding carboxylic acids is 1. The molecule has 1 aromatic carbocycles. The molecule has 1 saturated heterocycles. The van der Waals surface area contributed by atoms with Crippen molar-refractivity contribution in [3.05, 3.63) is 62.5 Å². The smallest absolute Gasteiger partial charge is 0.258 e. The van der Waals surface area contributed by atoms with Crippen LogP contribution in [0.5, 0.6) is 5.75 Å². The van der Waals surface area contributed by atoms with Crippen LogP contribution in [0.4, 0.5) is 0 Å². The Labute approximate surface area is 182 Å². The Kier molecular flexibility index (Phi) is 5.22. The summed E-state index contributed by atoms with van der Waals surface area (Å²) in [5.74, 6) is 0.779. The monoisotopic (exact) mass is 444 g/mol. The first-order valence-electron chi connectivity index (χ1n) is 9.95. The number of aromatic nitrogens is 2. The summed E-state index contributed by atoms with van der Waals surface area (Å²) in [5, 5.41) is 2.52. The van der Waals surface area contributed by atoms with E-state index in [0.717, 1.165) is 30.1 Å². The van der Waals surface area contributed by atoms with E-state index in [1.165, 1.54) is 11.3 Å². The minimum absolute atomic E-state index is 0.0530. The molecular weight excluding hydrogens is 424 g/mol. The standard InChI is InChI=1S/C21H21ClN4O3S/c22-16-1-2-18-14(10-16)9-15(13-29-18)20(28)25-5-3-24(4-6-25)12-17-11-19(27)26-7-8-30-21(26)23-17/h1-2,7-8,10-11,15H,3-6,9,12-13H2. The normalized spacial score (nSPS) is 19.5. The van der Waals surface area contributed by atoms with Crippen LogP contribution < -0.4 is 10.3 Å². The third kappa shape index (κ3) is 3.82. The number of ether oxygens (including phenoxy) is 1. The fourth-order valence-electron chi connectivity index (χ4n) is 4.10. The van der Waals surface area contributed by atoms with Gasteiger partial charge >= 0.3 is 0 Å². The maximum Gasteiger partial charge on any atom is 0.258 e. The van der Waals surface area contributed by atoms with Gasteiger partial charge in [-0.3, -0.25) is 18.9 Å². The van der Waals surface area contributed by atoms with Crippen LogP contribution >= 0.6 is 22.9 Å². The first kappa shape index (κ1) is 19.5. The number of benzene rings is 1. The van der Waals surface area contributed by atoms with Crippen molar-refractivity contribution in [2.45, 2.75) is 13.0 Å². The lowest BCUT2D eigenvalue weighted by Crippen LogP contribution is -2.51. The second kappa shape index (κ2) is 8.02. The molecule has 2 aliphatic heterocycles. The van der Waals surface area contributed by atoms with Crippen LogP contribution in [0.3, 0.4) is 0 Å². The van der Waals surface area contributed by atoms with Crippen LogP contribution in [-0.2, 0) is 17.8 Å². The van der Waals surface area contributed by atoms with E-state index in [0.29, 0.717) is 42.6 Å². The van der Waals surface area contributed by atoms with Crippen molar-refractivity contribution >= 4 is 33.8 Å². The number of hydrogen-bond donors (Lipinski definition) is 0. The van der Waals surface area contributed by atoms with Crippen molar-refractivity contribution < 1.29 is 9.53 Å². The second-order valence-electron chi connectivity index (χ2n) is 7.71. The molecule has 30 heavy (non-hydrogen) atoms. The highest BCUT2D eigenvalue weighted by molar-refractivity contribution is 7.15. The number of thiazole rings is 1. The summed E-state index contributed by atoms with van der Waals surface area (Å²) in [6.07, 6.45) is 2.40. The van der Waals surface area contributed by atoms with E-state index in [9.17, 15) is 9.59 Å². The highest BCUT2D eigenvalue weighted by atomic mass is 35.5. The van der Waals surface area contributed by atoms with Gasteiger partial charge in [0.1, 0.15) is 12.4 Å². The third-order valence-electron chi connectivity index (χ3n) is 5.70. The van der Waals surface area contributed by atoms with Crippen molar-refractivity contribution in [1.29, 1.82) is 0 Å². The van der Waals surface area contributed by atoms with Crippen molar-refractivity contribution in [3.8, 4) is 5.75 Å². The number of amides is 1. The molecule has 0 N–H and O–H groups in total. The van der Waals surface area contributed by atoms with E-state index in [4.69, 9.17) is 16.3 Å². The Morgan fingerprint density at radius 3 is 2.90 bits per heavy atom. The fourth-order valence-corrected chi connectivity index (χ4v) is 5.04. The lowest BCUT2D eigenvalue weighted by Gasteiger charge is -2.37. The minimum atomic E-state index is -0.175. The van der Waals surface area contributed by atoms with Gasteiger partial charge in [-0.15, -0.1) is 11.3 Å². The Morgan fingerprint density at radius 1 is 1.23 bits per heavy atom. The number of nitrogens with zero attached hydrogens (tertiary/aromatic N) is 4. The minimum Gasteiger partial charge on any atom is -0.492 e. The van der Waals surface area contributed by atoms with Gasteiger partial charge in [0.05, 0.1) is 11.6 Å². The van der Waals surface area contributed by atoms with Crippen LogP contribution in [0.2, 0.25) is 5.02 Å². The van der Waals surface area contributed by atoms with Crippen molar-refractivity contribution in [2.75, 3.05) is 32.8 Å². The molecule has 3 aromatic rings. The number of hydrogen-bond acceptors (Lipinski definition) is 6. The van der Waals surface area contributed by atoms with E-state index < -0.39 is 0 Å². The lowest BCUT2D eigenvalue weighted by molar-refractivity contribution is -0.138. The molecular formula is C21H21ClN4O3S. The number of halogens is 1. The van der Waals surface area contributed by atoms with Gasteiger partial charge in [0.25, 0.3) is 5.56 Å². The average Bonchev–Trinajstić information content (AvgIpc) is 3.22. The number of rotatable bonds is 3. The molecule has 1 fully saturated rings. The summed E-state index contributed by atoms with van der Waals surface area (Å²) in [7, 11) is 0. The molecule has 1 unspecified atom stereocenters. The van der Waals surface area contributed by atoms with E-state index in [-0.39, 0.29) is 17.4 Å². The molecule has 4 heterocycles. The Morgan fingerprint density at radius 2 is 2.07 bits per heavy atom. The first-order valence-corrected chi connectivity index (χ1v) is 11.2. The summed E-state index contributed by atoms with van der Waals surface area (Å²) < 4.78 is 7.35. The third-order valence-corrected chi connectivity index (χ3v) is 6.70. The quantitative estimate of drug-likeness (QED) is 0.620. The Bertz CT molecular complexity index is 1150. The number of fused-ring (bicyclic) bond motifs is 2. The molecule has 1 amide bonds. The van der Waals surface area contributed by atoms with Crippen molar-refractivity contribution in [1.82, 2.24) is 19.2 Å². The van der Waals surface area contributed by atoms with Crippen LogP contribution in [0.15, 0.2) is 40.6 Å². The van der Waals surface area contributed by atoms with Gasteiger partial charge in [0.15, 0.2) is 4.96 Å². The molecule has 5 rings (SSSR count). The predicted molar refractivity (Wildman–Crippen MR) is 115 cm³/mol. The molecule has 7 nitrogen and oxygen atoms in total. The number of piperazine rings is 1.